The number of aliphatic hydroxyl groups is 1. The van der Waals surface area contributed by atoms with E-state index in [1.165, 1.54) is 0 Å². The average molecular weight is 327 g/mol. The van der Waals surface area contributed by atoms with E-state index in [0.717, 1.165) is 22.9 Å². The van der Waals surface area contributed by atoms with E-state index in [4.69, 9.17) is 0 Å². The molecule has 0 bridgehead atoms. The predicted molar refractivity (Wildman–Crippen MR) is 77.7 cm³/mol. The SMILES string of the molecule is CC(CO)(NC(=O)NCc1ccc(Br)cc1)C1CC1. The lowest BCUT2D eigenvalue weighted by molar-refractivity contribution is 0.155. The Morgan fingerprint density at radius 2 is 2.05 bits per heavy atom. The minimum absolute atomic E-state index is 0.0244. The highest BCUT2D eigenvalue weighted by molar-refractivity contribution is 9.10. The highest BCUT2D eigenvalue weighted by Crippen LogP contribution is 2.39. The van der Waals surface area contributed by atoms with E-state index in [0.29, 0.717) is 12.5 Å². The minimum Gasteiger partial charge on any atom is -0.394 e. The number of hydrogen-bond donors (Lipinski definition) is 3. The quantitative estimate of drug-likeness (QED) is 0.778. The Hall–Kier alpha value is -1.07. The van der Waals surface area contributed by atoms with Crippen molar-refractivity contribution in [2.45, 2.75) is 31.8 Å². The summed E-state index contributed by atoms with van der Waals surface area (Å²) in [7, 11) is 0. The van der Waals surface area contributed by atoms with Crippen LogP contribution in [-0.2, 0) is 6.54 Å². The normalized spacial score (nSPS) is 17.6. The zero-order chi connectivity index (χ0) is 13.9. The molecule has 0 aliphatic heterocycles. The van der Waals surface area contributed by atoms with Gasteiger partial charge in [-0.05, 0) is 43.4 Å². The summed E-state index contributed by atoms with van der Waals surface area (Å²) in [5.74, 6) is 0.399. The summed E-state index contributed by atoms with van der Waals surface area (Å²) in [6.45, 7) is 2.35. The molecular formula is C14H19BrN2O2. The number of benzene rings is 1. The molecule has 1 aromatic rings. The van der Waals surface area contributed by atoms with Crippen molar-refractivity contribution in [3.8, 4) is 0 Å². The van der Waals surface area contributed by atoms with Crippen molar-refractivity contribution in [2.24, 2.45) is 5.92 Å². The molecule has 1 atom stereocenters. The second-order valence-electron chi connectivity index (χ2n) is 5.28. The highest BCUT2D eigenvalue weighted by Gasteiger charge is 2.42. The zero-order valence-corrected chi connectivity index (χ0v) is 12.5. The van der Waals surface area contributed by atoms with Crippen LogP contribution in [0.1, 0.15) is 25.3 Å². The summed E-state index contributed by atoms with van der Waals surface area (Å²) < 4.78 is 1.02. The van der Waals surface area contributed by atoms with Gasteiger partial charge in [0.05, 0.1) is 12.1 Å². The fourth-order valence-corrected chi connectivity index (χ4v) is 2.34. The van der Waals surface area contributed by atoms with E-state index in [2.05, 4.69) is 26.6 Å². The first-order chi connectivity index (χ1) is 9.03. The lowest BCUT2D eigenvalue weighted by Crippen LogP contribution is -2.53. The Morgan fingerprint density at radius 1 is 1.42 bits per heavy atom. The Morgan fingerprint density at radius 3 is 2.58 bits per heavy atom. The molecule has 3 N–H and O–H groups in total. The summed E-state index contributed by atoms with van der Waals surface area (Å²) in [6, 6.07) is 7.56. The van der Waals surface area contributed by atoms with Crippen LogP contribution in [0.3, 0.4) is 0 Å². The maximum Gasteiger partial charge on any atom is 0.315 e. The smallest absolute Gasteiger partial charge is 0.315 e. The highest BCUT2D eigenvalue weighted by atomic mass is 79.9. The number of rotatable bonds is 5. The molecule has 4 nitrogen and oxygen atoms in total. The van der Waals surface area contributed by atoms with Crippen LogP contribution < -0.4 is 10.6 Å². The van der Waals surface area contributed by atoms with Gasteiger partial charge in [0.25, 0.3) is 0 Å². The summed E-state index contributed by atoms with van der Waals surface area (Å²) in [6.07, 6.45) is 2.15. The van der Waals surface area contributed by atoms with Crippen LogP contribution in [0.15, 0.2) is 28.7 Å². The predicted octanol–water partition coefficient (Wildman–Crippen LogP) is 2.41. The van der Waals surface area contributed by atoms with Crippen molar-refractivity contribution < 1.29 is 9.90 Å². The van der Waals surface area contributed by atoms with E-state index in [1.54, 1.807) is 0 Å². The molecule has 2 rings (SSSR count). The van der Waals surface area contributed by atoms with Gasteiger partial charge in [0, 0.05) is 11.0 Å². The second kappa shape index (κ2) is 5.92. The van der Waals surface area contributed by atoms with Gasteiger partial charge in [0.1, 0.15) is 0 Å². The molecule has 19 heavy (non-hydrogen) atoms. The number of carbonyl (C=O) groups is 1. The Labute approximate surface area is 121 Å². The number of halogens is 1. The summed E-state index contributed by atoms with van der Waals surface area (Å²) in [5.41, 5.74) is 0.541. The molecule has 1 fully saturated rings. The molecule has 2 amide bonds. The standard InChI is InChI=1S/C14H19BrN2O2/c1-14(9-18,11-4-5-11)17-13(19)16-8-10-2-6-12(15)7-3-10/h2-3,6-7,11,18H,4-5,8-9H2,1H3,(H2,16,17,19). The Kier molecular flexibility index (Phi) is 4.47. The monoisotopic (exact) mass is 326 g/mol. The van der Waals surface area contributed by atoms with Gasteiger partial charge in [-0.3, -0.25) is 0 Å². The van der Waals surface area contributed by atoms with Crippen molar-refractivity contribution in [3.05, 3.63) is 34.3 Å². The van der Waals surface area contributed by atoms with Crippen LogP contribution in [0.25, 0.3) is 0 Å². The first kappa shape index (κ1) is 14.3. The first-order valence-corrected chi connectivity index (χ1v) is 7.24. The Balaban J connectivity index is 1.82. The molecule has 0 aromatic heterocycles. The molecule has 1 saturated carbocycles. The van der Waals surface area contributed by atoms with Crippen molar-refractivity contribution in [3.63, 3.8) is 0 Å². The number of hydrogen-bond acceptors (Lipinski definition) is 2. The number of nitrogens with one attached hydrogen (secondary N) is 2. The third kappa shape index (κ3) is 3.94. The fraction of sp³-hybridized carbons (Fsp3) is 0.500. The van der Waals surface area contributed by atoms with E-state index in [-0.39, 0.29) is 12.6 Å². The maximum atomic E-state index is 11.8. The zero-order valence-electron chi connectivity index (χ0n) is 10.9. The fourth-order valence-electron chi connectivity index (χ4n) is 2.08. The van der Waals surface area contributed by atoms with E-state index in [9.17, 15) is 9.90 Å². The molecule has 0 saturated heterocycles. The van der Waals surface area contributed by atoms with Gasteiger partial charge in [0.15, 0.2) is 0 Å². The van der Waals surface area contributed by atoms with Crippen LogP contribution in [0, 0.1) is 5.92 Å². The summed E-state index contributed by atoms with van der Waals surface area (Å²) in [4.78, 5) is 11.8. The topological polar surface area (TPSA) is 61.4 Å². The molecule has 5 heteroatoms. The van der Waals surface area contributed by atoms with Crippen LogP contribution in [0.5, 0.6) is 0 Å². The van der Waals surface area contributed by atoms with E-state index < -0.39 is 5.54 Å². The van der Waals surface area contributed by atoms with E-state index in [1.807, 2.05) is 31.2 Å². The van der Waals surface area contributed by atoms with Crippen molar-refractivity contribution in [2.75, 3.05) is 6.61 Å². The number of carbonyl (C=O) groups excluding carboxylic acids is 1. The van der Waals surface area contributed by atoms with Crippen LogP contribution in [-0.4, -0.2) is 23.3 Å². The van der Waals surface area contributed by atoms with Crippen molar-refractivity contribution in [1.82, 2.24) is 10.6 Å². The first-order valence-electron chi connectivity index (χ1n) is 6.45. The van der Waals surface area contributed by atoms with Gasteiger partial charge in [0.2, 0.25) is 0 Å². The molecule has 104 valence electrons. The van der Waals surface area contributed by atoms with Gasteiger partial charge in [-0.2, -0.15) is 0 Å². The molecule has 0 radical (unpaired) electrons. The lowest BCUT2D eigenvalue weighted by atomic mass is 9.97. The molecule has 1 aliphatic rings. The number of amides is 2. The van der Waals surface area contributed by atoms with Crippen molar-refractivity contribution >= 4 is 22.0 Å². The van der Waals surface area contributed by atoms with Gasteiger partial charge in [-0.25, -0.2) is 4.79 Å². The van der Waals surface area contributed by atoms with Gasteiger partial charge in [-0.1, -0.05) is 28.1 Å². The molecule has 1 aromatic carbocycles. The van der Waals surface area contributed by atoms with Gasteiger partial charge >= 0.3 is 6.03 Å². The molecule has 1 unspecified atom stereocenters. The minimum atomic E-state index is -0.496. The lowest BCUT2D eigenvalue weighted by Gasteiger charge is -2.28. The molecule has 1 aliphatic carbocycles. The number of aliphatic hydroxyl groups excluding tert-OH is 1. The average Bonchev–Trinajstić information content (AvgIpc) is 3.22. The Bertz CT molecular complexity index is 445. The van der Waals surface area contributed by atoms with Gasteiger partial charge < -0.3 is 15.7 Å². The van der Waals surface area contributed by atoms with Crippen LogP contribution in [0.4, 0.5) is 4.79 Å². The van der Waals surface area contributed by atoms with Crippen molar-refractivity contribution in [1.29, 1.82) is 0 Å². The maximum absolute atomic E-state index is 11.8. The summed E-state index contributed by atoms with van der Waals surface area (Å²) in [5, 5.41) is 15.1. The van der Waals surface area contributed by atoms with Crippen LogP contribution in [0.2, 0.25) is 0 Å². The van der Waals surface area contributed by atoms with Crippen LogP contribution >= 0.6 is 15.9 Å². The van der Waals surface area contributed by atoms with E-state index >= 15 is 0 Å². The molecule has 0 heterocycles. The number of urea groups is 1. The molecule has 0 spiro atoms. The largest absolute Gasteiger partial charge is 0.394 e. The second-order valence-corrected chi connectivity index (χ2v) is 6.20. The molecular weight excluding hydrogens is 308 g/mol. The summed E-state index contributed by atoms with van der Waals surface area (Å²) >= 11 is 3.37. The third-order valence-electron chi connectivity index (χ3n) is 3.57. The third-order valence-corrected chi connectivity index (χ3v) is 4.10. The van der Waals surface area contributed by atoms with Gasteiger partial charge in [-0.15, -0.1) is 0 Å².